The Labute approximate surface area is 174 Å². The molecular weight excluding hydrogens is 446 g/mol. The summed E-state index contributed by atoms with van der Waals surface area (Å²) in [6, 6.07) is 14.2. The summed E-state index contributed by atoms with van der Waals surface area (Å²) in [5, 5.41) is 6.08. The number of ether oxygens (including phenoxy) is 1. The van der Waals surface area contributed by atoms with Crippen LogP contribution in [0, 0.1) is 0 Å². The second-order valence-corrected chi connectivity index (χ2v) is 8.56. The molecule has 0 aliphatic rings. The van der Waals surface area contributed by atoms with Crippen LogP contribution in [0.15, 0.2) is 57.9 Å². The molecule has 28 heavy (non-hydrogen) atoms. The van der Waals surface area contributed by atoms with Crippen LogP contribution in [0.3, 0.4) is 0 Å². The van der Waals surface area contributed by atoms with Crippen molar-refractivity contribution < 1.29 is 17.9 Å². The van der Waals surface area contributed by atoms with Gasteiger partial charge in [-0.1, -0.05) is 18.2 Å². The van der Waals surface area contributed by atoms with E-state index in [1.54, 1.807) is 6.07 Å². The molecule has 2 aromatic carbocycles. The highest BCUT2D eigenvalue weighted by Crippen LogP contribution is 2.21. The van der Waals surface area contributed by atoms with Crippen molar-refractivity contribution >= 4 is 37.5 Å². The zero-order valence-corrected chi connectivity index (χ0v) is 18.0. The summed E-state index contributed by atoms with van der Waals surface area (Å²) in [5.74, 6) is -0.333. The second kappa shape index (κ2) is 11.2. The summed E-state index contributed by atoms with van der Waals surface area (Å²) in [7, 11) is -2.21. The number of hydrogen-bond donors (Lipinski definition) is 3. The maximum atomic E-state index is 12.4. The van der Waals surface area contributed by atoms with Crippen LogP contribution in [0.2, 0.25) is 0 Å². The lowest BCUT2D eigenvalue weighted by molar-refractivity contribution is 0.0952. The zero-order chi connectivity index (χ0) is 20.4. The van der Waals surface area contributed by atoms with Gasteiger partial charge >= 0.3 is 0 Å². The standard InChI is InChI=1S/C19H24BrN3O4S/c1-27-13-12-23-28(25,26)16-8-9-18(20)17(14-16)19(24)22-11-5-10-21-15-6-3-2-4-7-15/h2-4,6-9,14,21,23H,5,10-13H2,1H3,(H,22,24). The van der Waals surface area contributed by atoms with Crippen molar-refractivity contribution in [3.8, 4) is 0 Å². The van der Waals surface area contributed by atoms with E-state index >= 15 is 0 Å². The van der Waals surface area contributed by atoms with Gasteiger partial charge in [0.2, 0.25) is 10.0 Å². The van der Waals surface area contributed by atoms with Crippen LogP contribution >= 0.6 is 15.9 Å². The van der Waals surface area contributed by atoms with Crippen molar-refractivity contribution in [2.45, 2.75) is 11.3 Å². The molecule has 0 heterocycles. The molecule has 0 aromatic heterocycles. The molecule has 2 aromatic rings. The van der Waals surface area contributed by atoms with Gasteiger partial charge in [0.1, 0.15) is 0 Å². The van der Waals surface area contributed by atoms with Gasteiger partial charge < -0.3 is 15.4 Å². The van der Waals surface area contributed by atoms with Crippen LogP contribution in [-0.4, -0.2) is 47.7 Å². The summed E-state index contributed by atoms with van der Waals surface area (Å²) >= 11 is 3.31. The fourth-order valence-electron chi connectivity index (χ4n) is 2.38. The average molecular weight is 470 g/mol. The normalized spacial score (nSPS) is 11.2. The van der Waals surface area contributed by atoms with E-state index in [1.165, 1.54) is 19.2 Å². The first-order valence-corrected chi connectivity index (χ1v) is 11.1. The van der Waals surface area contributed by atoms with E-state index in [0.717, 1.165) is 12.1 Å². The van der Waals surface area contributed by atoms with Gasteiger partial charge in [-0.05, 0) is 52.7 Å². The molecular formula is C19H24BrN3O4S. The highest BCUT2D eigenvalue weighted by molar-refractivity contribution is 9.10. The molecule has 0 saturated carbocycles. The molecule has 0 spiro atoms. The van der Waals surface area contributed by atoms with Gasteiger partial charge in [0.05, 0.1) is 17.1 Å². The molecule has 0 fully saturated rings. The van der Waals surface area contributed by atoms with E-state index in [0.29, 0.717) is 17.6 Å². The SMILES string of the molecule is COCCNS(=O)(=O)c1ccc(Br)c(C(=O)NCCCNc2ccccc2)c1. The lowest BCUT2D eigenvalue weighted by Gasteiger charge is -2.11. The van der Waals surface area contributed by atoms with E-state index in [4.69, 9.17) is 4.74 Å². The quantitative estimate of drug-likeness (QED) is 0.439. The first kappa shape index (κ1) is 22.4. The Balaban J connectivity index is 1.89. The highest BCUT2D eigenvalue weighted by atomic mass is 79.9. The Morgan fingerprint density at radius 3 is 2.54 bits per heavy atom. The number of carbonyl (C=O) groups excluding carboxylic acids is 1. The van der Waals surface area contributed by atoms with Gasteiger partial charge in [-0.15, -0.1) is 0 Å². The van der Waals surface area contributed by atoms with Crippen LogP contribution in [0.5, 0.6) is 0 Å². The fourth-order valence-corrected chi connectivity index (χ4v) is 3.85. The van der Waals surface area contributed by atoms with Crippen LogP contribution < -0.4 is 15.4 Å². The van der Waals surface area contributed by atoms with Crippen molar-refractivity contribution in [1.82, 2.24) is 10.0 Å². The molecule has 0 saturated heterocycles. The van der Waals surface area contributed by atoms with Crippen LogP contribution in [0.25, 0.3) is 0 Å². The van der Waals surface area contributed by atoms with Gasteiger partial charge in [-0.25, -0.2) is 13.1 Å². The summed E-state index contributed by atoms with van der Waals surface area (Å²) in [6.07, 6.45) is 0.731. The number of rotatable bonds is 11. The van der Waals surface area contributed by atoms with Crippen molar-refractivity contribution in [3.05, 3.63) is 58.6 Å². The molecule has 152 valence electrons. The molecule has 1 amide bonds. The number of nitrogens with one attached hydrogen (secondary N) is 3. The summed E-state index contributed by atoms with van der Waals surface area (Å²) in [6.45, 7) is 1.60. The highest BCUT2D eigenvalue weighted by Gasteiger charge is 2.18. The number of hydrogen-bond acceptors (Lipinski definition) is 5. The van der Waals surface area contributed by atoms with Crippen molar-refractivity contribution in [2.24, 2.45) is 0 Å². The molecule has 7 nitrogen and oxygen atoms in total. The maximum Gasteiger partial charge on any atom is 0.252 e. The molecule has 9 heteroatoms. The van der Waals surface area contributed by atoms with Gasteiger partial charge in [0.15, 0.2) is 0 Å². The molecule has 2 rings (SSSR count). The fraction of sp³-hybridized carbons (Fsp3) is 0.316. The van der Waals surface area contributed by atoms with Gasteiger partial charge in [-0.2, -0.15) is 0 Å². The second-order valence-electron chi connectivity index (χ2n) is 5.93. The molecule has 0 aliphatic heterocycles. The number of amides is 1. The third-order valence-corrected chi connectivity index (χ3v) is 5.98. The van der Waals surface area contributed by atoms with Crippen molar-refractivity contribution in [1.29, 1.82) is 0 Å². The number of halogens is 1. The number of methoxy groups -OCH3 is 1. The van der Waals surface area contributed by atoms with Gasteiger partial charge in [0.25, 0.3) is 5.91 Å². The lowest BCUT2D eigenvalue weighted by atomic mass is 10.2. The first-order valence-electron chi connectivity index (χ1n) is 8.79. The molecule has 0 radical (unpaired) electrons. The molecule has 0 aliphatic carbocycles. The Bertz CT molecular complexity index is 876. The lowest BCUT2D eigenvalue weighted by Crippen LogP contribution is -2.29. The topological polar surface area (TPSA) is 96.5 Å². The zero-order valence-electron chi connectivity index (χ0n) is 15.6. The molecule has 3 N–H and O–H groups in total. The predicted octanol–water partition coefficient (Wildman–Crippen LogP) is 2.61. The van der Waals surface area contributed by atoms with E-state index in [1.807, 2.05) is 30.3 Å². The Hall–Kier alpha value is -1.94. The van der Waals surface area contributed by atoms with Crippen LogP contribution in [0.1, 0.15) is 16.8 Å². The summed E-state index contributed by atoms with van der Waals surface area (Å²) in [5.41, 5.74) is 1.29. The number of para-hydroxylation sites is 1. The molecule has 0 bridgehead atoms. The minimum Gasteiger partial charge on any atom is -0.385 e. The smallest absolute Gasteiger partial charge is 0.252 e. The van der Waals surface area contributed by atoms with E-state index < -0.39 is 10.0 Å². The minimum atomic E-state index is -3.71. The van der Waals surface area contributed by atoms with E-state index in [9.17, 15) is 13.2 Å². The predicted molar refractivity (Wildman–Crippen MR) is 113 cm³/mol. The largest absolute Gasteiger partial charge is 0.385 e. The number of carbonyl (C=O) groups is 1. The summed E-state index contributed by atoms with van der Waals surface area (Å²) < 4.78 is 32.4. The number of benzene rings is 2. The van der Waals surface area contributed by atoms with E-state index in [-0.39, 0.29) is 29.5 Å². The van der Waals surface area contributed by atoms with Gasteiger partial charge in [-0.3, -0.25) is 4.79 Å². The number of sulfonamides is 1. The third kappa shape index (κ3) is 6.90. The Kier molecular flexibility index (Phi) is 8.91. The van der Waals surface area contributed by atoms with Crippen LogP contribution in [-0.2, 0) is 14.8 Å². The Morgan fingerprint density at radius 1 is 1.07 bits per heavy atom. The summed E-state index contributed by atoms with van der Waals surface area (Å²) in [4.78, 5) is 12.5. The van der Waals surface area contributed by atoms with Gasteiger partial charge in [0, 0.05) is 36.9 Å². The van der Waals surface area contributed by atoms with Crippen LogP contribution in [0.4, 0.5) is 5.69 Å². The monoisotopic (exact) mass is 469 g/mol. The molecule has 0 atom stereocenters. The first-order chi connectivity index (χ1) is 13.4. The van der Waals surface area contributed by atoms with E-state index in [2.05, 4.69) is 31.3 Å². The van der Waals surface area contributed by atoms with Crippen molar-refractivity contribution in [2.75, 3.05) is 38.7 Å². The maximum absolute atomic E-state index is 12.4. The molecule has 0 unspecified atom stereocenters. The number of anilines is 1. The Morgan fingerprint density at radius 2 is 1.82 bits per heavy atom. The minimum absolute atomic E-state index is 0.0303. The van der Waals surface area contributed by atoms with Crippen molar-refractivity contribution in [3.63, 3.8) is 0 Å². The average Bonchev–Trinajstić information content (AvgIpc) is 2.68. The third-order valence-electron chi connectivity index (χ3n) is 3.83.